The van der Waals surface area contributed by atoms with Crippen LogP contribution in [0, 0.1) is 10.1 Å². The van der Waals surface area contributed by atoms with E-state index in [0.717, 1.165) is 17.3 Å². The first-order valence-corrected chi connectivity index (χ1v) is 7.32. The number of aromatic nitrogens is 1. The molecule has 0 saturated heterocycles. The molecule has 1 N–H and O–H groups in total. The molecule has 0 aliphatic rings. The lowest BCUT2D eigenvalue weighted by Crippen LogP contribution is -2.43. The summed E-state index contributed by atoms with van der Waals surface area (Å²) in [4.78, 5) is 26.3. The highest BCUT2D eigenvalue weighted by atomic mass is 16.6. The fraction of sp³-hybridized carbons (Fsp3) is 0.438. The van der Waals surface area contributed by atoms with E-state index >= 15 is 0 Å². The molecular weight excluding hydrogens is 284 g/mol. The van der Waals surface area contributed by atoms with Crippen LogP contribution >= 0.6 is 0 Å². The monoisotopic (exact) mass is 304 g/mol. The normalized spacial score (nSPS) is 13.7. The van der Waals surface area contributed by atoms with Crippen LogP contribution in [0.4, 0.5) is 0 Å². The van der Waals surface area contributed by atoms with Gasteiger partial charge < -0.3 is 9.72 Å². The van der Waals surface area contributed by atoms with Crippen molar-refractivity contribution in [1.82, 2.24) is 4.98 Å². The van der Waals surface area contributed by atoms with E-state index < -0.39 is 22.9 Å². The highest BCUT2D eigenvalue weighted by Crippen LogP contribution is 2.36. The van der Waals surface area contributed by atoms with Crippen LogP contribution in [0.25, 0.3) is 10.9 Å². The number of unbranched alkanes of at least 4 members (excludes halogenated alkanes) is 1. The van der Waals surface area contributed by atoms with Gasteiger partial charge in [-0.05, 0) is 12.5 Å². The zero-order chi connectivity index (χ0) is 16.2. The summed E-state index contributed by atoms with van der Waals surface area (Å²) in [6.45, 7) is 1.52. The van der Waals surface area contributed by atoms with E-state index in [4.69, 9.17) is 4.74 Å². The molecule has 2 rings (SSSR count). The lowest BCUT2D eigenvalue weighted by molar-refractivity contribution is -0.489. The number of methoxy groups -OCH3 is 1. The third kappa shape index (κ3) is 2.81. The fourth-order valence-corrected chi connectivity index (χ4v) is 2.94. The first kappa shape index (κ1) is 16.0. The summed E-state index contributed by atoms with van der Waals surface area (Å²) in [5, 5.41) is 12.0. The molecule has 0 aliphatic heterocycles. The second-order valence-electron chi connectivity index (χ2n) is 5.42. The number of carbonyl (C=O) groups excluding carboxylic acids is 1. The molecule has 0 aliphatic carbocycles. The molecule has 22 heavy (non-hydrogen) atoms. The van der Waals surface area contributed by atoms with Gasteiger partial charge >= 0.3 is 5.97 Å². The number of ether oxygens (including phenoxy) is 1. The van der Waals surface area contributed by atoms with E-state index in [0.29, 0.717) is 18.4 Å². The number of hydrogen-bond acceptors (Lipinski definition) is 4. The molecule has 1 aromatic carbocycles. The lowest BCUT2D eigenvalue weighted by Gasteiger charge is -2.27. The van der Waals surface area contributed by atoms with Crippen LogP contribution in [-0.2, 0) is 14.9 Å². The van der Waals surface area contributed by atoms with Crippen molar-refractivity contribution >= 4 is 16.9 Å². The van der Waals surface area contributed by atoms with Crippen molar-refractivity contribution in [3.63, 3.8) is 0 Å². The maximum Gasteiger partial charge on any atom is 0.323 e. The van der Waals surface area contributed by atoms with E-state index in [1.807, 2.05) is 31.2 Å². The molecule has 0 radical (unpaired) electrons. The van der Waals surface area contributed by atoms with E-state index in [9.17, 15) is 14.9 Å². The van der Waals surface area contributed by atoms with Crippen LogP contribution in [0.15, 0.2) is 30.5 Å². The molecule has 1 heterocycles. The predicted molar refractivity (Wildman–Crippen MR) is 83.4 cm³/mol. The van der Waals surface area contributed by atoms with Crippen molar-refractivity contribution in [2.75, 3.05) is 13.7 Å². The Morgan fingerprint density at radius 1 is 1.41 bits per heavy atom. The number of carbonyl (C=O) groups is 1. The number of benzene rings is 1. The van der Waals surface area contributed by atoms with Gasteiger partial charge in [-0.3, -0.25) is 14.9 Å². The first-order chi connectivity index (χ1) is 10.5. The van der Waals surface area contributed by atoms with Crippen molar-refractivity contribution < 1.29 is 14.5 Å². The number of nitro groups is 1. The van der Waals surface area contributed by atoms with Crippen LogP contribution in [0.1, 0.15) is 31.7 Å². The Labute approximate surface area is 128 Å². The largest absolute Gasteiger partial charge is 0.468 e. The molecule has 0 spiro atoms. The molecular formula is C16H20N2O4. The number of nitrogens with one attached hydrogen (secondary N) is 1. The Balaban J connectivity index is 2.63. The quantitative estimate of drug-likeness (QED) is 0.484. The molecule has 6 nitrogen and oxygen atoms in total. The van der Waals surface area contributed by atoms with Crippen LogP contribution in [0.5, 0.6) is 0 Å². The standard InChI is InChI=1S/C16H20N2O4/c1-3-4-9-16(11-18(20)21,15(19)22-2)13-10-17-14-8-6-5-7-12(13)14/h5-8,10,17H,3-4,9,11H2,1-2H3/t16-/m0/s1. The first-order valence-electron chi connectivity index (χ1n) is 7.32. The molecule has 6 heteroatoms. The number of para-hydroxylation sites is 1. The zero-order valence-electron chi connectivity index (χ0n) is 12.8. The Morgan fingerprint density at radius 2 is 2.14 bits per heavy atom. The van der Waals surface area contributed by atoms with Crippen molar-refractivity contribution in [3.05, 3.63) is 46.1 Å². The predicted octanol–water partition coefficient (Wildman–Crippen LogP) is 3.05. The maximum atomic E-state index is 12.5. The van der Waals surface area contributed by atoms with E-state index in [1.54, 1.807) is 6.20 Å². The van der Waals surface area contributed by atoms with E-state index in [2.05, 4.69) is 4.98 Å². The second-order valence-corrected chi connectivity index (χ2v) is 5.42. The summed E-state index contributed by atoms with van der Waals surface area (Å²) in [6.07, 6.45) is 3.64. The highest BCUT2D eigenvalue weighted by molar-refractivity contribution is 5.93. The van der Waals surface area contributed by atoms with Crippen molar-refractivity contribution in [1.29, 1.82) is 0 Å². The average molecular weight is 304 g/mol. The molecule has 118 valence electrons. The molecule has 0 saturated carbocycles. The molecule has 0 amide bonds. The summed E-state index contributed by atoms with van der Waals surface area (Å²) < 4.78 is 4.93. The Hall–Kier alpha value is -2.37. The van der Waals surface area contributed by atoms with Gasteiger partial charge in [0.2, 0.25) is 6.54 Å². The SMILES string of the molecule is CCCC[C@@](C[N+](=O)[O-])(C(=O)OC)c1c[nH]c2ccccc12. The number of hydrogen-bond donors (Lipinski definition) is 1. The second kappa shape index (κ2) is 6.60. The summed E-state index contributed by atoms with van der Waals surface area (Å²) in [7, 11) is 1.28. The van der Waals surface area contributed by atoms with Gasteiger partial charge in [0.25, 0.3) is 0 Å². The average Bonchev–Trinajstić information content (AvgIpc) is 2.94. The van der Waals surface area contributed by atoms with Gasteiger partial charge in [0, 0.05) is 27.6 Å². The van der Waals surface area contributed by atoms with Crippen molar-refractivity contribution in [2.45, 2.75) is 31.6 Å². The number of H-pyrrole nitrogens is 1. The van der Waals surface area contributed by atoms with Crippen LogP contribution in [-0.4, -0.2) is 29.5 Å². The third-order valence-electron chi connectivity index (χ3n) is 4.04. The van der Waals surface area contributed by atoms with Crippen molar-refractivity contribution in [2.24, 2.45) is 0 Å². The van der Waals surface area contributed by atoms with Gasteiger partial charge in [-0.15, -0.1) is 0 Å². The van der Waals surface area contributed by atoms with Crippen LogP contribution in [0.3, 0.4) is 0 Å². The number of rotatable bonds is 7. The number of nitrogens with zero attached hydrogens (tertiary/aromatic N) is 1. The van der Waals surface area contributed by atoms with Crippen LogP contribution < -0.4 is 0 Å². The number of aromatic amines is 1. The third-order valence-corrected chi connectivity index (χ3v) is 4.04. The maximum absolute atomic E-state index is 12.5. The number of esters is 1. The minimum Gasteiger partial charge on any atom is -0.468 e. The molecule has 1 atom stereocenters. The fourth-order valence-electron chi connectivity index (χ4n) is 2.94. The molecule has 1 aromatic heterocycles. The highest BCUT2D eigenvalue weighted by Gasteiger charge is 2.47. The molecule has 0 bridgehead atoms. The van der Waals surface area contributed by atoms with E-state index in [-0.39, 0.29) is 0 Å². The Kier molecular flexibility index (Phi) is 4.80. The topological polar surface area (TPSA) is 85.2 Å². The summed E-state index contributed by atoms with van der Waals surface area (Å²) in [5.74, 6) is -0.553. The molecule has 0 unspecified atom stereocenters. The van der Waals surface area contributed by atoms with Gasteiger partial charge in [-0.25, -0.2) is 0 Å². The summed E-state index contributed by atoms with van der Waals surface area (Å²) in [5.41, 5.74) is 0.235. The Bertz CT molecular complexity index is 680. The van der Waals surface area contributed by atoms with E-state index in [1.165, 1.54) is 7.11 Å². The minimum atomic E-state index is -1.26. The van der Waals surface area contributed by atoms with Gasteiger partial charge in [0.1, 0.15) is 0 Å². The Morgan fingerprint density at radius 3 is 2.77 bits per heavy atom. The summed E-state index contributed by atoms with van der Waals surface area (Å²) in [6, 6.07) is 7.48. The molecule has 0 fully saturated rings. The van der Waals surface area contributed by atoms with Gasteiger partial charge in [0.05, 0.1) is 7.11 Å². The minimum absolute atomic E-state index is 0.388. The van der Waals surface area contributed by atoms with Gasteiger partial charge in [0.15, 0.2) is 5.41 Å². The lowest BCUT2D eigenvalue weighted by atomic mass is 9.76. The van der Waals surface area contributed by atoms with Gasteiger partial charge in [-0.1, -0.05) is 38.0 Å². The summed E-state index contributed by atoms with van der Waals surface area (Å²) >= 11 is 0. The van der Waals surface area contributed by atoms with Crippen LogP contribution in [0.2, 0.25) is 0 Å². The van der Waals surface area contributed by atoms with Crippen molar-refractivity contribution in [3.8, 4) is 0 Å². The smallest absolute Gasteiger partial charge is 0.323 e. The zero-order valence-corrected chi connectivity index (χ0v) is 12.8. The number of fused-ring (bicyclic) bond motifs is 1. The molecule has 2 aromatic rings. The van der Waals surface area contributed by atoms with Gasteiger partial charge in [-0.2, -0.15) is 0 Å².